The minimum atomic E-state index is -3.22. The average molecular weight is 360 g/mol. The van der Waals surface area contributed by atoms with E-state index >= 15 is 0 Å². The number of hydrogen-bond donors (Lipinski definition) is 1. The summed E-state index contributed by atoms with van der Waals surface area (Å²) in [6.07, 6.45) is 2.77. The summed E-state index contributed by atoms with van der Waals surface area (Å²) in [5, 5.41) is 3.21. The second kappa shape index (κ2) is 6.58. The molecule has 0 aliphatic heterocycles. The molecule has 1 aliphatic rings. The van der Waals surface area contributed by atoms with Crippen molar-refractivity contribution >= 4 is 25.8 Å². The molecule has 0 aromatic heterocycles. The van der Waals surface area contributed by atoms with Gasteiger partial charge in [-0.15, -0.1) is 0 Å². The fourth-order valence-corrected chi connectivity index (χ4v) is 5.31. The maximum Gasteiger partial charge on any atom is 0.181 e. The van der Waals surface area contributed by atoms with Crippen LogP contribution in [-0.2, 0) is 9.84 Å². The van der Waals surface area contributed by atoms with Gasteiger partial charge in [0.05, 0.1) is 10.1 Å². The SMILES string of the molecule is CCCNC1CCC(S(=O)(=O)c2ccc(Br)cc2)C1C. The van der Waals surface area contributed by atoms with Crippen molar-refractivity contribution in [1.82, 2.24) is 5.32 Å². The van der Waals surface area contributed by atoms with Crippen LogP contribution in [0.25, 0.3) is 0 Å². The lowest BCUT2D eigenvalue weighted by Crippen LogP contribution is -2.36. The Kier molecular flexibility index (Phi) is 5.26. The molecular weight excluding hydrogens is 338 g/mol. The first-order valence-corrected chi connectivity index (χ1v) is 9.53. The zero-order valence-electron chi connectivity index (χ0n) is 12.0. The monoisotopic (exact) mass is 359 g/mol. The number of sulfone groups is 1. The molecule has 3 atom stereocenters. The van der Waals surface area contributed by atoms with E-state index in [-0.39, 0.29) is 11.2 Å². The fourth-order valence-electron chi connectivity index (χ4n) is 2.98. The van der Waals surface area contributed by atoms with Crippen molar-refractivity contribution in [3.05, 3.63) is 28.7 Å². The van der Waals surface area contributed by atoms with Gasteiger partial charge in [-0.2, -0.15) is 0 Å². The Morgan fingerprint density at radius 3 is 2.50 bits per heavy atom. The van der Waals surface area contributed by atoms with Crippen LogP contribution in [0.3, 0.4) is 0 Å². The number of benzene rings is 1. The van der Waals surface area contributed by atoms with E-state index in [9.17, 15) is 8.42 Å². The highest BCUT2D eigenvalue weighted by molar-refractivity contribution is 9.10. The van der Waals surface area contributed by atoms with Gasteiger partial charge in [-0.3, -0.25) is 0 Å². The minimum absolute atomic E-state index is 0.162. The molecule has 0 heterocycles. The predicted molar refractivity (Wildman–Crippen MR) is 85.6 cm³/mol. The third kappa shape index (κ3) is 3.26. The normalized spacial score (nSPS) is 26.9. The highest BCUT2D eigenvalue weighted by Crippen LogP contribution is 2.35. The van der Waals surface area contributed by atoms with E-state index in [1.165, 1.54) is 0 Å². The largest absolute Gasteiger partial charge is 0.314 e. The summed E-state index contributed by atoms with van der Waals surface area (Å²) in [5.74, 6) is 0.162. The maximum absolute atomic E-state index is 12.7. The second-order valence-electron chi connectivity index (χ2n) is 5.53. The van der Waals surface area contributed by atoms with Crippen molar-refractivity contribution in [3.63, 3.8) is 0 Å². The van der Waals surface area contributed by atoms with Gasteiger partial charge in [-0.1, -0.05) is 29.8 Å². The molecule has 1 fully saturated rings. The van der Waals surface area contributed by atoms with Gasteiger partial charge < -0.3 is 5.32 Å². The van der Waals surface area contributed by atoms with Crippen molar-refractivity contribution in [1.29, 1.82) is 0 Å². The molecule has 1 saturated carbocycles. The molecule has 0 spiro atoms. The van der Waals surface area contributed by atoms with Crippen LogP contribution in [-0.4, -0.2) is 26.3 Å². The van der Waals surface area contributed by atoms with E-state index in [1.54, 1.807) is 24.3 Å². The standard InChI is InChI=1S/C15H22BrNO2S/c1-3-10-17-14-8-9-15(11(14)2)20(18,19)13-6-4-12(16)5-7-13/h4-7,11,14-15,17H,3,8-10H2,1-2H3. The van der Waals surface area contributed by atoms with Gasteiger partial charge in [-0.05, 0) is 56.0 Å². The quantitative estimate of drug-likeness (QED) is 0.876. The molecule has 2 rings (SSSR count). The number of nitrogens with one attached hydrogen (secondary N) is 1. The smallest absolute Gasteiger partial charge is 0.181 e. The van der Waals surface area contributed by atoms with Gasteiger partial charge in [-0.25, -0.2) is 8.42 Å². The summed E-state index contributed by atoms with van der Waals surface area (Å²) in [6.45, 7) is 5.14. The van der Waals surface area contributed by atoms with E-state index in [1.807, 2.05) is 0 Å². The molecule has 3 unspecified atom stereocenters. The highest BCUT2D eigenvalue weighted by atomic mass is 79.9. The second-order valence-corrected chi connectivity index (χ2v) is 8.62. The van der Waals surface area contributed by atoms with Gasteiger partial charge in [0.1, 0.15) is 0 Å². The van der Waals surface area contributed by atoms with Gasteiger partial charge >= 0.3 is 0 Å². The molecule has 5 heteroatoms. The first-order valence-electron chi connectivity index (χ1n) is 7.19. The third-order valence-electron chi connectivity index (χ3n) is 4.18. The molecule has 1 aromatic rings. The Labute approximate surface area is 130 Å². The molecule has 0 radical (unpaired) electrons. The Bertz CT molecular complexity index is 541. The van der Waals surface area contributed by atoms with Crippen LogP contribution in [0.2, 0.25) is 0 Å². The van der Waals surface area contributed by atoms with Gasteiger partial charge in [0.25, 0.3) is 0 Å². The van der Waals surface area contributed by atoms with Crippen molar-refractivity contribution in [2.75, 3.05) is 6.54 Å². The Balaban J connectivity index is 2.16. The van der Waals surface area contributed by atoms with E-state index in [0.717, 1.165) is 30.3 Å². The maximum atomic E-state index is 12.7. The van der Waals surface area contributed by atoms with Gasteiger partial charge in [0.2, 0.25) is 0 Å². The van der Waals surface area contributed by atoms with Crippen LogP contribution in [0.4, 0.5) is 0 Å². The van der Waals surface area contributed by atoms with Crippen LogP contribution in [0.1, 0.15) is 33.1 Å². The van der Waals surface area contributed by atoms with Gasteiger partial charge in [0, 0.05) is 10.5 Å². The summed E-state index contributed by atoms with van der Waals surface area (Å²) in [7, 11) is -3.22. The van der Waals surface area contributed by atoms with E-state index in [2.05, 4.69) is 35.1 Å². The Morgan fingerprint density at radius 2 is 1.90 bits per heavy atom. The lowest BCUT2D eigenvalue weighted by molar-refractivity contribution is 0.425. The first kappa shape index (κ1) is 16.0. The minimum Gasteiger partial charge on any atom is -0.314 e. The van der Waals surface area contributed by atoms with Crippen molar-refractivity contribution in [3.8, 4) is 0 Å². The van der Waals surface area contributed by atoms with E-state index in [0.29, 0.717) is 10.9 Å². The zero-order chi connectivity index (χ0) is 14.8. The average Bonchev–Trinajstić information content (AvgIpc) is 2.79. The fraction of sp³-hybridized carbons (Fsp3) is 0.600. The molecule has 0 saturated heterocycles. The molecule has 3 nitrogen and oxygen atoms in total. The van der Waals surface area contributed by atoms with Crippen molar-refractivity contribution in [2.24, 2.45) is 5.92 Å². The van der Waals surface area contributed by atoms with Crippen LogP contribution in [0, 0.1) is 5.92 Å². The molecule has 0 bridgehead atoms. The van der Waals surface area contributed by atoms with Gasteiger partial charge in [0.15, 0.2) is 9.84 Å². The number of halogens is 1. The van der Waals surface area contributed by atoms with E-state index in [4.69, 9.17) is 0 Å². The lowest BCUT2D eigenvalue weighted by Gasteiger charge is -2.22. The summed E-state index contributed by atoms with van der Waals surface area (Å²) < 4.78 is 26.4. The molecular formula is C15H22BrNO2S. The van der Waals surface area contributed by atoms with Crippen LogP contribution < -0.4 is 5.32 Å². The molecule has 1 aromatic carbocycles. The summed E-state index contributed by atoms with van der Waals surface area (Å²) in [6, 6.07) is 7.29. The predicted octanol–water partition coefficient (Wildman–Crippen LogP) is 3.39. The topological polar surface area (TPSA) is 46.2 Å². The molecule has 1 aliphatic carbocycles. The van der Waals surface area contributed by atoms with Crippen LogP contribution >= 0.6 is 15.9 Å². The number of hydrogen-bond acceptors (Lipinski definition) is 3. The Morgan fingerprint density at radius 1 is 1.25 bits per heavy atom. The molecule has 0 amide bonds. The lowest BCUT2D eigenvalue weighted by atomic mass is 10.1. The van der Waals surface area contributed by atoms with Crippen molar-refractivity contribution < 1.29 is 8.42 Å². The van der Waals surface area contributed by atoms with E-state index < -0.39 is 9.84 Å². The number of rotatable bonds is 5. The summed E-state index contributed by atoms with van der Waals surface area (Å²) in [4.78, 5) is 0.439. The summed E-state index contributed by atoms with van der Waals surface area (Å²) >= 11 is 3.34. The molecule has 20 heavy (non-hydrogen) atoms. The Hall–Kier alpha value is -0.390. The highest BCUT2D eigenvalue weighted by Gasteiger charge is 2.41. The van der Waals surface area contributed by atoms with Crippen molar-refractivity contribution in [2.45, 2.75) is 49.3 Å². The molecule has 112 valence electrons. The zero-order valence-corrected chi connectivity index (χ0v) is 14.4. The molecule has 1 N–H and O–H groups in total. The van der Waals surface area contributed by atoms with Crippen LogP contribution in [0.15, 0.2) is 33.6 Å². The first-order chi connectivity index (χ1) is 9.46. The summed E-state index contributed by atoms with van der Waals surface area (Å²) in [5.41, 5.74) is 0. The third-order valence-corrected chi connectivity index (χ3v) is 7.10. The van der Waals surface area contributed by atoms with Crippen LogP contribution in [0.5, 0.6) is 0 Å².